The van der Waals surface area contributed by atoms with Crippen LogP contribution in [-0.2, 0) is 13.2 Å². The van der Waals surface area contributed by atoms with Crippen LogP contribution in [0.1, 0.15) is 27.9 Å². The second-order valence-corrected chi connectivity index (χ2v) is 7.02. The lowest BCUT2D eigenvalue weighted by atomic mass is 10.1. The summed E-state index contributed by atoms with van der Waals surface area (Å²) in [5, 5.41) is 32.5. The number of anilines is 1. The number of nitrogen functional groups attached to an aromatic ring is 1. The molecule has 8 heteroatoms. The molecule has 1 heterocycles. The van der Waals surface area contributed by atoms with Gasteiger partial charge >= 0.3 is 0 Å². The molecular weight excluding hydrogens is 406 g/mol. The van der Waals surface area contributed by atoms with Crippen molar-refractivity contribution in [2.24, 2.45) is 0 Å². The molecular formula is C24H23N5O3. The zero-order valence-corrected chi connectivity index (χ0v) is 17.9. The summed E-state index contributed by atoms with van der Waals surface area (Å²) in [5.41, 5.74) is 9.24. The number of hydrogen-bond acceptors (Lipinski definition) is 7. The molecule has 0 aliphatic carbocycles. The molecule has 2 aromatic carbocycles. The van der Waals surface area contributed by atoms with E-state index in [0.717, 1.165) is 5.56 Å². The van der Waals surface area contributed by atoms with Crippen molar-refractivity contribution in [3.63, 3.8) is 0 Å². The number of ether oxygens (including phenoxy) is 2. The van der Waals surface area contributed by atoms with Crippen molar-refractivity contribution in [3.8, 4) is 23.6 Å². The molecule has 0 fully saturated rings. The van der Waals surface area contributed by atoms with Gasteiger partial charge in [-0.1, -0.05) is 35.9 Å². The normalized spacial score (nSPS) is 11.0. The van der Waals surface area contributed by atoms with Gasteiger partial charge in [0.05, 0.1) is 25.8 Å². The fourth-order valence-electron chi connectivity index (χ4n) is 3.10. The number of aliphatic hydroxyl groups is 1. The van der Waals surface area contributed by atoms with E-state index >= 15 is 0 Å². The number of aryl methyl sites for hydroxylation is 1. The third-order valence-corrected chi connectivity index (χ3v) is 4.80. The summed E-state index contributed by atoms with van der Waals surface area (Å²) in [4.78, 5) is 0. The third-order valence-electron chi connectivity index (χ3n) is 4.80. The van der Waals surface area contributed by atoms with E-state index in [-0.39, 0.29) is 35.8 Å². The number of rotatable bonds is 8. The minimum absolute atomic E-state index is 0.0938. The van der Waals surface area contributed by atoms with Crippen LogP contribution in [0.4, 0.5) is 5.82 Å². The molecule has 1 aromatic heterocycles. The zero-order chi connectivity index (χ0) is 23.1. The molecule has 0 aliphatic rings. The van der Waals surface area contributed by atoms with Gasteiger partial charge in [-0.15, -0.1) is 0 Å². The van der Waals surface area contributed by atoms with Crippen molar-refractivity contribution in [3.05, 3.63) is 70.4 Å². The lowest BCUT2D eigenvalue weighted by Gasteiger charge is -2.12. The van der Waals surface area contributed by atoms with Crippen LogP contribution in [0, 0.1) is 29.6 Å². The molecule has 0 atom stereocenters. The molecule has 0 spiro atoms. The predicted molar refractivity (Wildman–Crippen MR) is 120 cm³/mol. The molecule has 0 saturated heterocycles. The second-order valence-electron chi connectivity index (χ2n) is 7.02. The van der Waals surface area contributed by atoms with E-state index in [4.69, 9.17) is 20.3 Å². The lowest BCUT2D eigenvalue weighted by Crippen LogP contribution is -2.07. The largest absolute Gasteiger partial charge is 0.493 e. The molecule has 0 aliphatic heterocycles. The number of nitrogens with two attached hydrogens (primary N) is 1. The quantitative estimate of drug-likeness (QED) is 0.525. The first-order valence-electron chi connectivity index (χ1n) is 9.86. The van der Waals surface area contributed by atoms with Crippen LogP contribution < -0.4 is 15.2 Å². The molecule has 3 rings (SSSR count). The summed E-state index contributed by atoms with van der Waals surface area (Å²) in [6.45, 7) is 2.35. The first kappa shape index (κ1) is 22.4. The van der Waals surface area contributed by atoms with Crippen LogP contribution in [0.25, 0.3) is 11.6 Å². The zero-order valence-electron chi connectivity index (χ0n) is 17.9. The Labute approximate surface area is 186 Å². The average Bonchev–Trinajstić information content (AvgIpc) is 3.12. The van der Waals surface area contributed by atoms with Gasteiger partial charge in [-0.25, -0.2) is 4.68 Å². The lowest BCUT2D eigenvalue weighted by molar-refractivity contribution is 0.270. The van der Waals surface area contributed by atoms with Gasteiger partial charge in [0.15, 0.2) is 11.5 Å². The molecule has 0 bridgehead atoms. The van der Waals surface area contributed by atoms with Crippen LogP contribution in [0.5, 0.6) is 11.5 Å². The molecule has 3 N–H and O–H groups in total. The molecule has 8 nitrogen and oxygen atoms in total. The molecule has 0 radical (unpaired) electrons. The van der Waals surface area contributed by atoms with E-state index in [0.29, 0.717) is 23.7 Å². The van der Waals surface area contributed by atoms with E-state index in [1.54, 1.807) is 24.3 Å². The predicted octanol–water partition coefficient (Wildman–Crippen LogP) is 3.29. The molecule has 0 unspecified atom stereocenters. The van der Waals surface area contributed by atoms with E-state index in [1.165, 1.54) is 17.4 Å². The van der Waals surface area contributed by atoms with Gasteiger partial charge in [0.2, 0.25) is 0 Å². The number of nitriles is 2. The van der Waals surface area contributed by atoms with Gasteiger partial charge in [0, 0.05) is 0 Å². The van der Waals surface area contributed by atoms with Crippen LogP contribution in [0.2, 0.25) is 0 Å². The first-order valence-corrected chi connectivity index (χ1v) is 9.86. The Morgan fingerprint density at radius 1 is 1.19 bits per heavy atom. The Morgan fingerprint density at radius 2 is 1.94 bits per heavy atom. The minimum Gasteiger partial charge on any atom is -0.493 e. The number of aromatic nitrogens is 2. The Kier molecular flexibility index (Phi) is 7.12. The number of allylic oxidation sites excluding steroid dienone is 1. The summed E-state index contributed by atoms with van der Waals surface area (Å²) in [5.74, 6) is 1.18. The highest BCUT2D eigenvalue weighted by atomic mass is 16.5. The number of aliphatic hydroxyl groups excluding tert-OH is 1. The highest BCUT2D eigenvalue weighted by Crippen LogP contribution is 2.31. The summed E-state index contributed by atoms with van der Waals surface area (Å²) >= 11 is 0. The third kappa shape index (κ3) is 4.89. The molecule has 162 valence electrons. The average molecular weight is 429 g/mol. The van der Waals surface area contributed by atoms with Gasteiger partial charge in [0.1, 0.15) is 35.8 Å². The van der Waals surface area contributed by atoms with Crippen LogP contribution in [-0.4, -0.2) is 28.6 Å². The van der Waals surface area contributed by atoms with E-state index < -0.39 is 0 Å². The standard InChI is InChI=1S/C24H23N5O3/c1-16-3-5-17(6-4-16)15-32-21-8-7-18(12-22(21)31-2)11-19(13-25)23-20(14-26)24(27)29(28-23)9-10-30/h3-8,11-12,30H,9-10,15,27H2,1-2H3/b19-11+. The number of hydrogen-bond donors (Lipinski definition) is 2. The highest BCUT2D eigenvalue weighted by molar-refractivity contribution is 5.91. The topological polar surface area (TPSA) is 130 Å². The first-order chi connectivity index (χ1) is 15.5. The maximum atomic E-state index is 9.68. The summed E-state index contributed by atoms with van der Waals surface area (Å²) in [6.07, 6.45) is 1.60. The van der Waals surface area contributed by atoms with Gasteiger partial charge < -0.3 is 20.3 Å². The van der Waals surface area contributed by atoms with Gasteiger partial charge in [0.25, 0.3) is 0 Å². The van der Waals surface area contributed by atoms with Crippen molar-refractivity contribution in [1.82, 2.24) is 9.78 Å². The van der Waals surface area contributed by atoms with Crippen LogP contribution >= 0.6 is 0 Å². The van der Waals surface area contributed by atoms with E-state index in [2.05, 4.69) is 11.2 Å². The second kappa shape index (κ2) is 10.2. The number of methoxy groups -OCH3 is 1. The summed E-state index contributed by atoms with van der Waals surface area (Å²) in [6, 6.07) is 17.4. The van der Waals surface area contributed by atoms with E-state index in [1.807, 2.05) is 37.3 Å². The molecule has 32 heavy (non-hydrogen) atoms. The van der Waals surface area contributed by atoms with E-state index in [9.17, 15) is 10.5 Å². The Morgan fingerprint density at radius 3 is 2.56 bits per heavy atom. The Bertz CT molecular complexity index is 1210. The van der Waals surface area contributed by atoms with Crippen molar-refractivity contribution in [2.45, 2.75) is 20.1 Å². The molecule has 3 aromatic rings. The fourth-order valence-corrected chi connectivity index (χ4v) is 3.10. The minimum atomic E-state index is -0.191. The van der Waals surface area contributed by atoms with Gasteiger partial charge in [-0.3, -0.25) is 0 Å². The maximum absolute atomic E-state index is 9.68. The van der Waals surface area contributed by atoms with Gasteiger partial charge in [-0.05, 0) is 36.3 Å². The van der Waals surface area contributed by atoms with Crippen LogP contribution in [0.15, 0.2) is 42.5 Å². The molecule has 0 amide bonds. The van der Waals surface area contributed by atoms with Gasteiger partial charge in [-0.2, -0.15) is 15.6 Å². The van der Waals surface area contributed by atoms with Crippen molar-refractivity contribution < 1.29 is 14.6 Å². The van der Waals surface area contributed by atoms with Crippen molar-refractivity contribution in [2.75, 3.05) is 19.5 Å². The van der Waals surface area contributed by atoms with Crippen molar-refractivity contribution in [1.29, 1.82) is 10.5 Å². The Balaban J connectivity index is 1.89. The van der Waals surface area contributed by atoms with Crippen LogP contribution in [0.3, 0.4) is 0 Å². The SMILES string of the molecule is COc1cc(/C=C(\C#N)c2nn(CCO)c(N)c2C#N)ccc1OCc1ccc(C)cc1. The van der Waals surface area contributed by atoms with Crippen molar-refractivity contribution >= 4 is 17.5 Å². The molecule has 0 saturated carbocycles. The Hall–Kier alpha value is -4.27. The number of nitrogens with zero attached hydrogens (tertiary/aromatic N) is 4. The monoisotopic (exact) mass is 429 g/mol. The summed E-state index contributed by atoms with van der Waals surface area (Å²) < 4.78 is 12.7. The fraction of sp³-hybridized carbons (Fsp3) is 0.208. The summed E-state index contributed by atoms with van der Waals surface area (Å²) in [7, 11) is 1.54. The maximum Gasteiger partial charge on any atom is 0.161 e. The number of benzene rings is 2. The smallest absolute Gasteiger partial charge is 0.161 e. The highest BCUT2D eigenvalue weighted by Gasteiger charge is 2.19.